The van der Waals surface area contributed by atoms with Gasteiger partial charge in [-0.1, -0.05) is 0 Å². The third-order valence-electron chi connectivity index (χ3n) is 3.75. The van der Waals surface area contributed by atoms with E-state index in [1.54, 1.807) is 24.6 Å². The first-order valence-electron chi connectivity index (χ1n) is 7.33. The number of anilines is 1. The van der Waals surface area contributed by atoms with Gasteiger partial charge in [0.15, 0.2) is 5.82 Å². The molecule has 0 aliphatic carbocycles. The summed E-state index contributed by atoms with van der Waals surface area (Å²) in [6.07, 6.45) is 5.35. The van der Waals surface area contributed by atoms with Crippen LogP contribution in [0, 0.1) is 0 Å². The van der Waals surface area contributed by atoms with Crippen molar-refractivity contribution >= 4 is 11.3 Å². The summed E-state index contributed by atoms with van der Waals surface area (Å²) in [6.45, 7) is 0.583. The van der Waals surface area contributed by atoms with Crippen LogP contribution in [0.15, 0.2) is 71.6 Å². The van der Waals surface area contributed by atoms with E-state index in [2.05, 4.69) is 14.7 Å². The predicted molar refractivity (Wildman–Crippen MR) is 88.3 cm³/mol. The predicted octanol–water partition coefficient (Wildman–Crippen LogP) is 3.91. The Morgan fingerprint density at radius 2 is 1.96 bits per heavy atom. The minimum Gasteiger partial charge on any atom is -0.508 e. The van der Waals surface area contributed by atoms with Gasteiger partial charge in [-0.2, -0.15) is 0 Å². The fourth-order valence-electron chi connectivity index (χ4n) is 2.63. The quantitative estimate of drug-likeness (QED) is 0.600. The van der Waals surface area contributed by atoms with Crippen molar-refractivity contribution in [2.75, 3.05) is 5.32 Å². The van der Waals surface area contributed by atoms with E-state index in [1.807, 2.05) is 42.6 Å². The standard InChI is InChI=1S/C18H15N3O2/c22-14-5-3-13(4-6-14)16-7-8-17-18(19-9-10-21(16)17)20-12-15-2-1-11-23-15/h1-11,22H,12H2,(H,19,20). The van der Waals surface area contributed by atoms with Crippen LogP contribution in [0.1, 0.15) is 5.76 Å². The van der Waals surface area contributed by atoms with Gasteiger partial charge in [-0.3, -0.25) is 0 Å². The molecule has 0 aliphatic rings. The van der Waals surface area contributed by atoms with Crippen LogP contribution >= 0.6 is 0 Å². The highest BCUT2D eigenvalue weighted by Gasteiger charge is 2.09. The van der Waals surface area contributed by atoms with Crippen LogP contribution in [0.5, 0.6) is 5.75 Å². The lowest BCUT2D eigenvalue weighted by Crippen LogP contribution is -2.02. The molecule has 0 radical (unpaired) electrons. The summed E-state index contributed by atoms with van der Waals surface area (Å²) < 4.78 is 7.41. The molecule has 0 unspecified atom stereocenters. The van der Waals surface area contributed by atoms with Crippen LogP contribution in [0.4, 0.5) is 5.82 Å². The van der Waals surface area contributed by atoms with Gasteiger partial charge in [0.2, 0.25) is 0 Å². The zero-order chi connectivity index (χ0) is 15.6. The van der Waals surface area contributed by atoms with Gasteiger partial charge < -0.3 is 19.2 Å². The number of furan rings is 1. The second kappa shape index (κ2) is 5.53. The molecular weight excluding hydrogens is 290 g/mol. The number of benzene rings is 1. The molecule has 5 heteroatoms. The van der Waals surface area contributed by atoms with Crippen molar-refractivity contribution in [3.63, 3.8) is 0 Å². The fraction of sp³-hybridized carbons (Fsp3) is 0.0556. The van der Waals surface area contributed by atoms with Crippen molar-refractivity contribution in [3.8, 4) is 17.0 Å². The number of aromatic hydroxyl groups is 1. The molecule has 114 valence electrons. The number of nitrogens with zero attached hydrogens (tertiary/aromatic N) is 2. The second-order valence-electron chi connectivity index (χ2n) is 5.23. The Morgan fingerprint density at radius 1 is 1.09 bits per heavy atom. The van der Waals surface area contributed by atoms with E-state index in [4.69, 9.17) is 4.42 Å². The monoisotopic (exact) mass is 305 g/mol. The van der Waals surface area contributed by atoms with E-state index < -0.39 is 0 Å². The Morgan fingerprint density at radius 3 is 2.74 bits per heavy atom. The lowest BCUT2D eigenvalue weighted by atomic mass is 10.1. The van der Waals surface area contributed by atoms with Gasteiger partial charge >= 0.3 is 0 Å². The van der Waals surface area contributed by atoms with Crippen LogP contribution in [-0.2, 0) is 6.54 Å². The van der Waals surface area contributed by atoms with Crippen LogP contribution in [-0.4, -0.2) is 14.5 Å². The minimum atomic E-state index is 0.261. The summed E-state index contributed by atoms with van der Waals surface area (Å²) in [5.41, 5.74) is 3.07. The van der Waals surface area contributed by atoms with Crippen molar-refractivity contribution < 1.29 is 9.52 Å². The van der Waals surface area contributed by atoms with Gasteiger partial charge in [-0.05, 0) is 54.1 Å². The van der Waals surface area contributed by atoms with Crippen molar-refractivity contribution in [2.24, 2.45) is 0 Å². The molecule has 3 heterocycles. The molecule has 0 aliphatic heterocycles. The van der Waals surface area contributed by atoms with Gasteiger partial charge in [-0.15, -0.1) is 0 Å². The SMILES string of the molecule is Oc1ccc(-c2ccc3c(NCc4ccco4)nccn23)cc1. The van der Waals surface area contributed by atoms with Crippen LogP contribution in [0.3, 0.4) is 0 Å². The van der Waals surface area contributed by atoms with E-state index in [-0.39, 0.29) is 5.75 Å². The maximum atomic E-state index is 9.44. The molecule has 3 aromatic heterocycles. The summed E-state index contributed by atoms with van der Waals surface area (Å²) in [4.78, 5) is 4.41. The Hall–Kier alpha value is -3.21. The Labute approximate surface area is 132 Å². The summed E-state index contributed by atoms with van der Waals surface area (Å²) in [5.74, 6) is 1.92. The average Bonchev–Trinajstić information content (AvgIpc) is 3.23. The average molecular weight is 305 g/mol. The van der Waals surface area contributed by atoms with Crippen LogP contribution in [0.25, 0.3) is 16.8 Å². The van der Waals surface area contributed by atoms with E-state index >= 15 is 0 Å². The number of fused-ring (bicyclic) bond motifs is 1. The molecule has 0 fully saturated rings. The Balaban J connectivity index is 1.70. The van der Waals surface area contributed by atoms with Gasteiger partial charge in [0.25, 0.3) is 0 Å². The molecule has 2 N–H and O–H groups in total. The highest BCUT2D eigenvalue weighted by Crippen LogP contribution is 2.27. The molecule has 4 aromatic rings. The molecule has 23 heavy (non-hydrogen) atoms. The molecule has 0 amide bonds. The molecule has 0 saturated carbocycles. The van der Waals surface area contributed by atoms with Crippen molar-refractivity contribution in [1.82, 2.24) is 9.38 Å². The summed E-state index contributed by atoms with van der Waals surface area (Å²) in [7, 11) is 0. The van der Waals surface area contributed by atoms with Crippen molar-refractivity contribution in [2.45, 2.75) is 6.54 Å². The van der Waals surface area contributed by atoms with E-state index in [1.165, 1.54) is 0 Å². The highest BCUT2D eigenvalue weighted by atomic mass is 16.3. The number of hydrogen-bond donors (Lipinski definition) is 2. The lowest BCUT2D eigenvalue weighted by Gasteiger charge is -2.08. The van der Waals surface area contributed by atoms with E-state index in [0.717, 1.165) is 28.4 Å². The fourth-order valence-corrected chi connectivity index (χ4v) is 2.63. The molecule has 0 bridgehead atoms. The number of rotatable bonds is 4. The largest absolute Gasteiger partial charge is 0.508 e. The Bertz CT molecular complexity index is 925. The smallest absolute Gasteiger partial charge is 0.150 e. The molecule has 5 nitrogen and oxygen atoms in total. The third-order valence-corrected chi connectivity index (χ3v) is 3.75. The van der Waals surface area contributed by atoms with Crippen LogP contribution in [0.2, 0.25) is 0 Å². The first kappa shape index (κ1) is 13.5. The number of aromatic nitrogens is 2. The lowest BCUT2D eigenvalue weighted by molar-refractivity contribution is 0.475. The zero-order valence-electron chi connectivity index (χ0n) is 12.3. The first-order valence-corrected chi connectivity index (χ1v) is 7.33. The van der Waals surface area contributed by atoms with Crippen molar-refractivity contribution in [3.05, 3.63) is 72.9 Å². The molecular formula is C18H15N3O2. The normalized spacial score (nSPS) is 11.0. The van der Waals surface area contributed by atoms with Crippen LogP contribution < -0.4 is 5.32 Å². The van der Waals surface area contributed by atoms with Gasteiger partial charge in [0.05, 0.1) is 24.0 Å². The summed E-state index contributed by atoms with van der Waals surface area (Å²) >= 11 is 0. The molecule has 0 saturated heterocycles. The summed E-state index contributed by atoms with van der Waals surface area (Å²) in [5, 5.41) is 12.7. The number of nitrogens with one attached hydrogen (secondary N) is 1. The van der Waals surface area contributed by atoms with E-state index in [9.17, 15) is 5.11 Å². The second-order valence-corrected chi connectivity index (χ2v) is 5.23. The topological polar surface area (TPSA) is 62.7 Å². The molecule has 0 atom stereocenters. The first-order chi connectivity index (χ1) is 11.3. The maximum absolute atomic E-state index is 9.44. The molecule has 0 spiro atoms. The zero-order valence-corrected chi connectivity index (χ0v) is 12.3. The highest BCUT2D eigenvalue weighted by molar-refractivity contribution is 5.75. The maximum Gasteiger partial charge on any atom is 0.150 e. The van der Waals surface area contributed by atoms with Gasteiger partial charge in [-0.25, -0.2) is 4.98 Å². The van der Waals surface area contributed by atoms with Gasteiger partial charge in [0, 0.05) is 12.4 Å². The van der Waals surface area contributed by atoms with Gasteiger partial charge in [0.1, 0.15) is 11.5 Å². The third kappa shape index (κ3) is 2.53. The van der Waals surface area contributed by atoms with Crippen molar-refractivity contribution in [1.29, 1.82) is 0 Å². The van der Waals surface area contributed by atoms with E-state index in [0.29, 0.717) is 6.54 Å². The summed E-state index contributed by atoms with van der Waals surface area (Å²) in [6, 6.07) is 15.0. The number of hydrogen-bond acceptors (Lipinski definition) is 4. The molecule has 1 aromatic carbocycles. The molecule has 4 rings (SSSR count). The Kier molecular flexibility index (Phi) is 3.24. The number of phenolic OH excluding ortho intramolecular Hbond substituents is 1. The minimum absolute atomic E-state index is 0.261. The number of phenols is 1.